The third kappa shape index (κ3) is 12.2. The first-order valence-corrected chi connectivity index (χ1v) is 6.47. The molecule has 0 aromatic carbocycles. The van der Waals surface area contributed by atoms with Crippen LogP contribution in [0.15, 0.2) is 0 Å². The summed E-state index contributed by atoms with van der Waals surface area (Å²) in [5.74, 6) is 2.23. The van der Waals surface area contributed by atoms with Crippen molar-refractivity contribution in [2.45, 2.75) is 12.8 Å². The molecule has 0 saturated heterocycles. The third-order valence-corrected chi connectivity index (χ3v) is 2.90. The van der Waals surface area contributed by atoms with Crippen molar-refractivity contribution in [3.05, 3.63) is 0 Å². The van der Waals surface area contributed by atoms with E-state index in [-0.39, 0.29) is 0 Å². The predicted octanol–water partition coefficient (Wildman–Crippen LogP) is 0.643. The molecule has 0 atom stereocenters. The van der Waals surface area contributed by atoms with Crippen molar-refractivity contribution in [2.24, 2.45) is 0 Å². The summed E-state index contributed by atoms with van der Waals surface area (Å²) >= 11 is 1.91. The van der Waals surface area contributed by atoms with Gasteiger partial charge >= 0.3 is 0 Å². The molecule has 0 aliphatic carbocycles. The topological polar surface area (TPSA) is 35.5 Å². The molecular formula is C10H24N2OS. The molecule has 0 rings (SSSR count). The van der Waals surface area contributed by atoms with Gasteiger partial charge in [0, 0.05) is 18.9 Å². The van der Waals surface area contributed by atoms with Gasteiger partial charge in [-0.3, -0.25) is 0 Å². The first-order chi connectivity index (χ1) is 6.77. The van der Waals surface area contributed by atoms with Crippen LogP contribution in [0.25, 0.3) is 0 Å². The number of nitrogens with zero attached hydrogens (tertiary/aromatic N) is 1. The van der Waals surface area contributed by atoms with Crippen LogP contribution >= 0.6 is 11.8 Å². The Morgan fingerprint density at radius 2 is 1.93 bits per heavy atom. The standard InChI is InChI=1S/C10H24N2OS/c1-12(2)7-3-5-11-6-10-14-9-4-8-13/h11,13H,3-10H2,1-2H3. The first-order valence-electron chi connectivity index (χ1n) is 5.31. The van der Waals surface area contributed by atoms with E-state index in [1.165, 1.54) is 6.42 Å². The Balaban J connectivity index is 2.85. The zero-order valence-electron chi connectivity index (χ0n) is 9.46. The number of hydrogen-bond donors (Lipinski definition) is 2. The van der Waals surface area contributed by atoms with Gasteiger partial charge in [0.05, 0.1) is 0 Å². The van der Waals surface area contributed by atoms with Gasteiger partial charge in [0.1, 0.15) is 0 Å². The van der Waals surface area contributed by atoms with Gasteiger partial charge in [-0.15, -0.1) is 0 Å². The van der Waals surface area contributed by atoms with Crippen molar-refractivity contribution < 1.29 is 5.11 Å². The molecule has 0 aromatic heterocycles. The van der Waals surface area contributed by atoms with Crippen LogP contribution in [0.3, 0.4) is 0 Å². The Bertz CT molecular complexity index is 112. The minimum absolute atomic E-state index is 0.323. The van der Waals surface area contributed by atoms with Crippen LogP contribution in [0, 0.1) is 0 Å². The molecule has 86 valence electrons. The van der Waals surface area contributed by atoms with Gasteiger partial charge in [0.25, 0.3) is 0 Å². The van der Waals surface area contributed by atoms with E-state index in [9.17, 15) is 0 Å². The van der Waals surface area contributed by atoms with Gasteiger partial charge in [-0.2, -0.15) is 11.8 Å². The first kappa shape index (κ1) is 14.2. The van der Waals surface area contributed by atoms with Gasteiger partial charge in [-0.1, -0.05) is 0 Å². The molecule has 0 saturated carbocycles. The molecule has 2 N–H and O–H groups in total. The Morgan fingerprint density at radius 1 is 1.14 bits per heavy atom. The van der Waals surface area contributed by atoms with Crippen LogP contribution in [0.4, 0.5) is 0 Å². The SMILES string of the molecule is CN(C)CCCNCCSCCCO. The molecule has 0 unspecified atom stereocenters. The molecule has 0 aliphatic rings. The molecule has 0 spiro atoms. The number of nitrogens with one attached hydrogen (secondary N) is 1. The Hall–Kier alpha value is 0.230. The summed E-state index contributed by atoms with van der Waals surface area (Å²) in [5, 5.41) is 12.0. The zero-order valence-corrected chi connectivity index (χ0v) is 10.3. The van der Waals surface area contributed by atoms with Crippen molar-refractivity contribution in [3.63, 3.8) is 0 Å². The fourth-order valence-electron chi connectivity index (χ4n) is 1.06. The van der Waals surface area contributed by atoms with Crippen molar-refractivity contribution in [2.75, 3.05) is 51.8 Å². The second-order valence-electron chi connectivity index (χ2n) is 3.60. The Morgan fingerprint density at radius 3 is 2.57 bits per heavy atom. The zero-order chi connectivity index (χ0) is 10.6. The molecule has 3 nitrogen and oxygen atoms in total. The van der Waals surface area contributed by atoms with Crippen LogP contribution in [-0.2, 0) is 0 Å². The molecule has 0 radical (unpaired) electrons. The third-order valence-electron chi connectivity index (χ3n) is 1.83. The monoisotopic (exact) mass is 220 g/mol. The van der Waals surface area contributed by atoms with Gasteiger partial charge in [0.2, 0.25) is 0 Å². The molecule has 0 aliphatic heterocycles. The van der Waals surface area contributed by atoms with E-state index in [0.29, 0.717) is 6.61 Å². The minimum Gasteiger partial charge on any atom is -0.396 e. The maximum Gasteiger partial charge on any atom is 0.0438 e. The van der Waals surface area contributed by atoms with E-state index >= 15 is 0 Å². The summed E-state index contributed by atoms with van der Waals surface area (Å²) in [6, 6.07) is 0. The number of aliphatic hydroxyl groups excluding tert-OH is 1. The molecule has 0 bridgehead atoms. The van der Waals surface area contributed by atoms with Crippen LogP contribution in [0.1, 0.15) is 12.8 Å². The van der Waals surface area contributed by atoms with Gasteiger partial charge in [-0.25, -0.2) is 0 Å². The lowest BCUT2D eigenvalue weighted by atomic mass is 10.4. The maximum absolute atomic E-state index is 8.56. The van der Waals surface area contributed by atoms with Crippen molar-refractivity contribution in [3.8, 4) is 0 Å². The maximum atomic E-state index is 8.56. The fourth-order valence-corrected chi connectivity index (χ4v) is 1.88. The average molecular weight is 220 g/mol. The highest BCUT2D eigenvalue weighted by Gasteiger charge is 1.91. The lowest BCUT2D eigenvalue weighted by molar-refractivity contribution is 0.296. The number of thioether (sulfide) groups is 1. The van der Waals surface area contributed by atoms with E-state index in [0.717, 1.165) is 37.6 Å². The Labute approximate surface area is 92.3 Å². The Kier molecular flexibility index (Phi) is 11.5. The lowest BCUT2D eigenvalue weighted by Gasteiger charge is -2.09. The number of rotatable bonds is 10. The van der Waals surface area contributed by atoms with Gasteiger partial charge < -0.3 is 15.3 Å². The summed E-state index contributed by atoms with van der Waals surface area (Å²) in [5.41, 5.74) is 0. The highest BCUT2D eigenvalue weighted by atomic mass is 32.2. The highest BCUT2D eigenvalue weighted by molar-refractivity contribution is 7.99. The van der Waals surface area contributed by atoms with Crippen molar-refractivity contribution >= 4 is 11.8 Å². The van der Waals surface area contributed by atoms with E-state index in [2.05, 4.69) is 24.3 Å². The van der Waals surface area contributed by atoms with Crippen LogP contribution in [0.2, 0.25) is 0 Å². The second-order valence-corrected chi connectivity index (χ2v) is 4.82. The molecule has 4 heteroatoms. The van der Waals surface area contributed by atoms with E-state index in [1.54, 1.807) is 0 Å². The van der Waals surface area contributed by atoms with Crippen molar-refractivity contribution in [1.29, 1.82) is 0 Å². The van der Waals surface area contributed by atoms with Gasteiger partial charge in [-0.05, 0) is 45.8 Å². The van der Waals surface area contributed by atoms with Crippen LogP contribution in [0.5, 0.6) is 0 Å². The van der Waals surface area contributed by atoms with E-state index in [4.69, 9.17) is 5.11 Å². The smallest absolute Gasteiger partial charge is 0.0438 e. The lowest BCUT2D eigenvalue weighted by Crippen LogP contribution is -2.23. The molecule has 0 heterocycles. The molecule has 14 heavy (non-hydrogen) atoms. The summed E-state index contributed by atoms with van der Waals surface area (Å²) in [4.78, 5) is 2.21. The molecule has 0 aromatic rings. The summed E-state index contributed by atoms with van der Waals surface area (Å²) in [6.07, 6.45) is 2.14. The van der Waals surface area contributed by atoms with Gasteiger partial charge in [0.15, 0.2) is 0 Å². The second kappa shape index (κ2) is 11.3. The summed E-state index contributed by atoms with van der Waals surface area (Å²) in [6.45, 7) is 3.68. The van der Waals surface area contributed by atoms with E-state index in [1.807, 2.05) is 11.8 Å². The van der Waals surface area contributed by atoms with Crippen LogP contribution in [-0.4, -0.2) is 61.8 Å². The molecule has 0 amide bonds. The minimum atomic E-state index is 0.323. The normalized spacial score (nSPS) is 11.1. The van der Waals surface area contributed by atoms with E-state index < -0.39 is 0 Å². The average Bonchev–Trinajstić information content (AvgIpc) is 2.15. The number of aliphatic hydroxyl groups is 1. The largest absolute Gasteiger partial charge is 0.396 e. The molecular weight excluding hydrogens is 196 g/mol. The van der Waals surface area contributed by atoms with Crippen LogP contribution < -0.4 is 5.32 Å². The molecule has 0 fully saturated rings. The fraction of sp³-hybridized carbons (Fsp3) is 1.00. The summed E-state index contributed by atoms with van der Waals surface area (Å²) < 4.78 is 0. The quantitative estimate of drug-likeness (QED) is 0.530. The predicted molar refractivity (Wildman–Crippen MR) is 65.1 cm³/mol. The summed E-state index contributed by atoms with van der Waals surface area (Å²) in [7, 11) is 4.20. The number of hydrogen-bond acceptors (Lipinski definition) is 4. The van der Waals surface area contributed by atoms with Crippen molar-refractivity contribution in [1.82, 2.24) is 10.2 Å². The highest BCUT2D eigenvalue weighted by Crippen LogP contribution is 1.99.